The van der Waals surface area contributed by atoms with Crippen LogP contribution in [-0.4, -0.2) is 70.5 Å². The number of hydrogen-bond acceptors (Lipinski definition) is 6. The van der Waals surface area contributed by atoms with Gasteiger partial charge in [-0.15, -0.1) is 0 Å². The number of nitrogens with zero attached hydrogens (tertiary/aromatic N) is 3. The number of carboxylic acid groups (broad SMARTS) is 2. The number of rotatable bonds is 7. The van der Waals surface area contributed by atoms with Gasteiger partial charge in [-0.3, -0.25) is 9.69 Å². The van der Waals surface area contributed by atoms with E-state index in [9.17, 15) is 4.79 Å². The smallest absolute Gasteiger partial charge is 0.414 e. The number of aromatic nitrogens is 1. The molecule has 1 aliphatic heterocycles. The van der Waals surface area contributed by atoms with E-state index in [1.54, 1.807) is 0 Å². The molecule has 0 radical (unpaired) electrons. The van der Waals surface area contributed by atoms with Gasteiger partial charge in [0.25, 0.3) is 0 Å². The molecule has 2 aromatic rings. The summed E-state index contributed by atoms with van der Waals surface area (Å²) in [5.74, 6) is -1.77. The minimum absolute atomic E-state index is 0.0492. The zero-order valence-electron chi connectivity index (χ0n) is 20.1. The van der Waals surface area contributed by atoms with Crippen LogP contribution in [0.5, 0.6) is 0 Å². The Labute approximate surface area is 206 Å². The highest BCUT2D eigenvalue weighted by Gasteiger charge is 2.30. The maximum atomic E-state index is 13.4. The fraction of sp³-hybridized carbons (Fsp3) is 0.481. The summed E-state index contributed by atoms with van der Waals surface area (Å²) in [4.78, 5) is 40.9. The first-order valence-corrected chi connectivity index (χ1v) is 12.4. The van der Waals surface area contributed by atoms with Crippen LogP contribution < -0.4 is 4.90 Å². The van der Waals surface area contributed by atoms with Crippen LogP contribution in [0.2, 0.25) is 0 Å². The molecule has 1 atom stereocenters. The highest BCUT2D eigenvalue weighted by atomic mass is 16.4. The number of carbonyl (C=O) groups is 3. The first-order valence-electron chi connectivity index (χ1n) is 12.4. The van der Waals surface area contributed by atoms with Gasteiger partial charge >= 0.3 is 11.9 Å². The van der Waals surface area contributed by atoms with Crippen LogP contribution in [0.1, 0.15) is 50.0 Å². The van der Waals surface area contributed by atoms with E-state index in [-0.39, 0.29) is 11.8 Å². The standard InChI is InChI=1S/C25H33N3O.C2H2O4/c29-25(22-11-5-2-6-12-22)23(21-9-3-1-4-10-21)14-16-27-17-19-28(20-18-27)24-13-7-8-15-26-24;3-1(4)2(5)6/h1,3-4,7-10,13,15,22-23H,2,5-6,11-12,14,16-20H2;(H,3,4)(H,5,6). The number of piperazine rings is 1. The molecule has 2 N–H and O–H groups in total. The second kappa shape index (κ2) is 13.6. The van der Waals surface area contributed by atoms with Gasteiger partial charge in [-0.1, -0.05) is 55.7 Å². The molecule has 2 aliphatic rings. The molecule has 35 heavy (non-hydrogen) atoms. The Morgan fingerprint density at radius 2 is 1.49 bits per heavy atom. The first-order chi connectivity index (χ1) is 17.0. The van der Waals surface area contributed by atoms with Crippen molar-refractivity contribution in [1.29, 1.82) is 0 Å². The van der Waals surface area contributed by atoms with E-state index < -0.39 is 11.9 Å². The topological polar surface area (TPSA) is 111 Å². The van der Waals surface area contributed by atoms with Gasteiger partial charge in [-0.25, -0.2) is 14.6 Å². The van der Waals surface area contributed by atoms with E-state index in [4.69, 9.17) is 19.8 Å². The van der Waals surface area contributed by atoms with Gasteiger partial charge in [0.05, 0.1) is 0 Å². The molecule has 8 heteroatoms. The lowest BCUT2D eigenvalue weighted by molar-refractivity contribution is -0.159. The molecule has 1 saturated heterocycles. The number of benzene rings is 1. The van der Waals surface area contributed by atoms with Crippen molar-refractivity contribution >= 4 is 23.5 Å². The van der Waals surface area contributed by atoms with Crippen molar-refractivity contribution in [2.24, 2.45) is 5.92 Å². The Kier molecular flexibility index (Phi) is 10.2. The van der Waals surface area contributed by atoms with E-state index >= 15 is 0 Å². The van der Waals surface area contributed by atoms with E-state index in [1.807, 2.05) is 18.3 Å². The van der Waals surface area contributed by atoms with Gasteiger partial charge in [0.15, 0.2) is 0 Å². The van der Waals surface area contributed by atoms with Crippen molar-refractivity contribution < 1.29 is 24.6 Å². The van der Waals surface area contributed by atoms with E-state index in [0.717, 1.165) is 57.8 Å². The fourth-order valence-corrected chi connectivity index (χ4v) is 4.88. The number of hydrogen-bond donors (Lipinski definition) is 2. The molecule has 0 amide bonds. The third-order valence-corrected chi connectivity index (χ3v) is 6.82. The van der Waals surface area contributed by atoms with Crippen LogP contribution in [0.15, 0.2) is 54.7 Å². The van der Waals surface area contributed by atoms with E-state index in [0.29, 0.717) is 5.78 Å². The lowest BCUT2D eigenvalue weighted by Crippen LogP contribution is -2.47. The minimum atomic E-state index is -1.82. The van der Waals surface area contributed by atoms with E-state index in [2.05, 4.69) is 51.2 Å². The lowest BCUT2D eigenvalue weighted by atomic mass is 9.78. The highest BCUT2D eigenvalue weighted by Crippen LogP contribution is 2.32. The van der Waals surface area contributed by atoms with Gasteiger partial charge in [0.1, 0.15) is 11.6 Å². The number of Topliss-reactive ketones (excluding diaryl/α,β-unsaturated/α-hetero) is 1. The average Bonchev–Trinajstić information content (AvgIpc) is 2.91. The molecule has 188 valence electrons. The van der Waals surface area contributed by atoms with Gasteiger partial charge in [0.2, 0.25) is 0 Å². The van der Waals surface area contributed by atoms with Crippen LogP contribution in [0.3, 0.4) is 0 Å². The number of carbonyl (C=O) groups excluding carboxylic acids is 1. The molecule has 2 fully saturated rings. The second-order valence-electron chi connectivity index (χ2n) is 9.12. The minimum Gasteiger partial charge on any atom is -0.473 e. The summed E-state index contributed by atoms with van der Waals surface area (Å²) in [5.41, 5.74) is 1.20. The number of pyridine rings is 1. The predicted octanol–water partition coefficient (Wildman–Crippen LogP) is 3.68. The highest BCUT2D eigenvalue weighted by molar-refractivity contribution is 6.27. The summed E-state index contributed by atoms with van der Waals surface area (Å²) in [6.45, 7) is 5.08. The molecule has 0 bridgehead atoms. The van der Waals surface area contributed by atoms with Crippen molar-refractivity contribution in [2.45, 2.75) is 44.4 Å². The maximum Gasteiger partial charge on any atom is 0.414 e. The SMILES string of the molecule is O=C(C1CCCCC1)C(CCN1CCN(c2ccccn2)CC1)c1ccccc1.O=C(O)C(=O)O. The summed E-state index contributed by atoms with van der Waals surface area (Å²) in [5, 5.41) is 14.8. The van der Waals surface area contributed by atoms with Crippen LogP contribution in [0.4, 0.5) is 5.82 Å². The summed E-state index contributed by atoms with van der Waals surface area (Å²) in [6.07, 6.45) is 8.70. The van der Waals surface area contributed by atoms with Crippen molar-refractivity contribution in [3.8, 4) is 0 Å². The lowest BCUT2D eigenvalue weighted by Gasteiger charge is -2.36. The molecule has 8 nitrogen and oxygen atoms in total. The Hall–Kier alpha value is -3.26. The number of anilines is 1. The number of ketones is 1. The van der Waals surface area contributed by atoms with Crippen LogP contribution >= 0.6 is 0 Å². The first kappa shape index (κ1) is 26.3. The van der Waals surface area contributed by atoms with Gasteiger partial charge in [-0.05, 0) is 43.5 Å². The molecule has 4 rings (SSSR count). The summed E-state index contributed by atoms with van der Waals surface area (Å²) in [6, 6.07) is 16.6. The van der Waals surface area contributed by atoms with Gasteiger partial charge < -0.3 is 15.1 Å². The molecule has 1 aromatic carbocycles. The monoisotopic (exact) mass is 481 g/mol. The molecule has 0 spiro atoms. The molecular weight excluding hydrogens is 446 g/mol. The van der Waals surface area contributed by atoms with Crippen LogP contribution in [0.25, 0.3) is 0 Å². The number of carboxylic acids is 2. The van der Waals surface area contributed by atoms with Crippen molar-refractivity contribution in [2.75, 3.05) is 37.6 Å². The number of aliphatic carboxylic acids is 2. The third-order valence-electron chi connectivity index (χ3n) is 6.82. The van der Waals surface area contributed by atoms with Gasteiger partial charge in [0, 0.05) is 44.2 Å². The maximum absolute atomic E-state index is 13.4. The second-order valence-corrected chi connectivity index (χ2v) is 9.12. The summed E-state index contributed by atoms with van der Waals surface area (Å²) in [7, 11) is 0. The Morgan fingerprint density at radius 1 is 0.857 bits per heavy atom. The van der Waals surface area contributed by atoms with Crippen LogP contribution in [0, 0.1) is 5.92 Å². The van der Waals surface area contributed by atoms with Crippen LogP contribution in [-0.2, 0) is 14.4 Å². The fourth-order valence-electron chi connectivity index (χ4n) is 4.88. The summed E-state index contributed by atoms with van der Waals surface area (Å²) >= 11 is 0. The molecular formula is C27H35N3O5. The average molecular weight is 482 g/mol. The molecule has 1 aromatic heterocycles. The Morgan fingerprint density at radius 3 is 2.06 bits per heavy atom. The third kappa shape index (κ3) is 8.17. The quantitative estimate of drug-likeness (QED) is 0.576. The predicted molar refractivity (Wildman–Crippen MR) is 134 cm³/mol. The molecule has 2 heterocycles. The van der Waals surface area contributed by atoms with Gasteiger partial charge in [-0.2, -0.15) is 0 Å². The summed E-state index contributed by atoms with van der Waals surface area (Å²) < 4.78 is 0. The zero-order chi connectivity index (χ0) is 25.0. The van der Waals surface area contributed by atoms with Crippen molar-refractivity contribution in [1.82, 2.24) is 9.88 Å². The van der Waals surface area contributed by atoms with E-state index in [1.165, 1.54) is 24.8 Å². The molecule has 1 unspecified atom stereocenters. The Bertz CT molecular complexity index is 928. The largest absolute Gasteiger partial charge is 0.473 e. The van der Waals surface area contributed by atoms with Crippen molar-refractivity contribution in [3.63, 3.8) is 0 Å². The van der Waals surface area contributed by atoms with Crippen molar-refractivity contribution in [3.05, 3.63) is 60.3 Å². The Balaban J connectivity index is 0.000000509. The molecule has 1 aliphatic carbocycles. The normalized spacial score (nSPS) is 17.7. The molecule has 1 saturated carbocycles. The zero-order valence-corrected chi connectivity index (χ0v) is 20.1.